The molecular formula is C20H24N2O2. The number of nitrogens with two attached hydrogens (primary N) is 1. The Bertz CT molecular complexity index is 704. The first-order valence-corrected chi connectivity index (χ1v) is 8.46. The molecule has 0 aliphatic carbocycles. The van der Waals surface area contributed by atoms with E-state index in [1.807, 2.05) is 12.1 Å². The van der Waals surface area contributed by atoms with Crippen molar-refractivity contribution in [2.24, 2.45) is 5.73 Å². The molecule has 4 nitrogen and oxygen atoms in total. The first kappa shape index (κ1) is 16.7. The maximum absolute atomic E-state index is 11.8. The predicted molar refractivity (Wildman–Crippen MR) is 97.7 cm³/mol. The van der Waals surface area contributed by atoms with Crippen LogP contribution in [0.3, 0.4) is 0 Å². The Morgan fingerprint density at radius 3 is 2.46 bits per heavy atom. The summed E-state index contributed by atoms with van der Waals surface area (Å²) in [5.41, 5.74) is 11.0. The molecule has 1 fully saturated rings. The van der Waals surface area contributed by atoms with Gasteiger partial charge in [0.05, 0.1) is 13.2 Å². The summed E-state index contributed by atoms with van der Waals surface area (Å²) in [6.07, 6.45) is 0.879. The SMILES string of the molecule is CC(=O)c1ccc(N2CCOCC2)c(-c2ccc(CCN)cc2)c1. The summed E-state index contributed by atoms with van der Waals surface area (Å²) in [6, 6.07) is 14.5. The molecule has 3 rings (SSSR count). The Morgan fingerprint density at radius 1 is 1.12 bits per heavy atom. The molecule has 1 heterocycles. The average molecular weight is 324 g/mol. The second-order valence-electron chi connectivity index (χ2n) is 6.12. The molecule has 1 saturated heterocycles. The first-order valence-electron chi connectivity index (χ1n) is 8.46. The maximum atomic E-state index is 11.8. The Labute approximate surface area is 143 Å². The lowest BCUT2D eigenvalue weighted by atomic mass is 9.97. The quantitative estimate of drug-likeness (QED) is 0.859. The summed E-state index contributed by atoms with van der Waals surface area (Å²) in [4.78, 5) is 14.1. The van der Waals surface area contributed by atoms with Crippen LogP contribution in [0.2, 0.25) is 0 Å². The van der Waals surface area contributed by atoms with Crippen LogP contribution in [0.5, 0.6) is 0 Å². The van der Waals surface area contributed by atoms with E-state index in [1.54, 1.807) is 6.92 Å². The van der Waals surface area contributed by atoms with Gasteiger partial charge in [0.25, 0.3) is 0 Å². The van der Waals surface area contributed by atoms with Crippen LogP contribution in [0.1, 0.15) is 22.8 Å². The van der Waals surface area contributed by atoms with Gasteiger partial charge in [-0.1, -0.05) is 24.3 Å². The van der Waals surface area contributed by atoms with E-state index in [9.17, 15) is 4.79 Å². The number of Topliss-reactive ketones (excluding diaryl/α,β-unsaturated/α-hetero) is 1. The van der Waals surface area contributed by atoms with Crippen LogP contribution in [0, 0.1) is 0 Å². The molecule has 2 aromatic rings. The van der Waals surface area contributed by atoms with Crippen LogP contribution in [0.25, 0.3) is 11.1 Å². The molecule has 1 aliphatic rings. The van der Waals surface area contributed by atoms with Crippen molar-refractivity contribution in [1.82, 2.24) is 0 Å². The lowest BCUT2D eigenvalue weighted by molar-refractivity contribution is 0.101. The van der Waals surface area contributed by atoms with E-state index in [1.165, 1.54) is 5.56 Å². The van der Waals surface area contributed by atoms with E-state index >= 15 is 0 Å². The molecule has 2 N–H and O–H groups in total. The third-order valence-corrected chi connectivity index (χ3v) is 4.45. The normalized spacial score (nSPS) is 14.7. The highest BCUT2D eigenvalue weighted by atomic mass is 16.5. The molecule has 2 aromatic carbocycles. The highest BCUT2D eigenvalue weighted by Gasteiger charge is 2.17. The fraction of sp³-hybridized carbons (Fsp3) is 0.350. The summed E-state index contributed by atoms with van der Waals surface area (Å²) in [5, 5.41) is 0. The standard InChI is InChI=1S/C20H24N2O2/c1-15(23)18-6-7-20(22-10-12-24-13-11-22)19(14-18)17-4-2-16(3-5-17)8-9-21/h2-7,14H,8-13,21H2,1H3. The van der Waals surface area contributed by atoms with Crippen LogP contribution in [-0.2, 0) is 11.2 Å². The smallest absolute Gasteiger partial charge is 0.159 e. The van der Waals surface area contributed by atoms with Crippen molar-refractivity contribution in [3.63, 3.8) is 0 Å². The molecule has 0 saturated carbocycles. The summed E-state index contributed by atoms with van der Waals surface area (Å²) < 4.78 is 5.46. The van der Waals surface area contributed by atoms with Gasteiger partial charge in [0.2, 0.25) is 0 Å². The minimum absolute atomic E-state index is 0.0875. The summed E-state index contributed by atoms with van der Waals surface area (Å²) in [6.45, 7) is 5.48. The topological polar surface area (TPSA) is 55.6 Å². The van der Waals surface area contributed by atoms with Crippen molar-refractivity contribution in [3.05, 3.63) is 53.6 Å². The molecule has 0 unspecified atom stereocenters. The molecule has 0 atom stereocenters. The molecule has 1 aliphatic heterocycles. The van der Waals surface area contributed by atoms with E-state index in [0.717, 1.165) is 55.1 Å². The first-order chi connectivity index (χ1) is 11.7. The summed E-state index contributed by atoms with van der Waals surface area (Å²) >= 11 is 0. The molecule has 0 bridgehead atoms. The highest BCUT2D eigenvalue weighted by Crippen LogP contribution is 2.33. The number of benzene rings is 2. The van der Waals surface area contributed by atoms with Gasteiger partial charge in [-0.05, 0) is 49.2 Å². The molecule has 0 amide bonds. The second kappa shape index (κ2) is 7.60. The Morgan fingerprint density at radius 2 is 1.83 bits per heavy atom. The average Bonchev–Trinajstić information content (AvgIpc) is 2.63. The number of carbonyl (C=O) groups is 1. The van der Waals surface area contributed by atoms with Crippen molar-refractivity contribution in [1.29, 1.82) is 0 Å². The van der Waals surface area contributed by atoms with Crippen molar-refractivity contribution in [3.8, 4) is 11.1 Å². The van der Waals surface area contributed by atoms with Crippen LogP contribution in [-0.4, -0.2) is 38.6 Å². The zero-order valence-electron chi connectivity index (χ0n) is 14.1. The molecule has 0 spiro atoms. The van der Waals surface area contributed by atoms with Gasteiger partial charge < -0.3 is 15.4 Å². The van der Waals surface area contributed by atoms with Crippen LogP contribution in [0.4, 0.5) is 5.69 Å². The van der Waals surface area contributed by atoms with E-state index in [0.29, 0.717) is 6.54 Å². The Kier molecular flexibility index (Phi) is 5.28. The van der Waals surface area contributed by atoms with Crippen LogP contribution in [0.15, 0.2) is 42.5 Å². The van der Waals surface area contributed by atoms with E-state index in [-0.39, 0.29) is 5.78 Å². The lowest BCUT2D eigenvalue weighted by Crippen LogP contribution is -2.36. The Balaban J connectivity index is 2.01. The van der Waals surface area contributed by atoms with Crippen molar-refractivity contribution < 1.29 is 9.53 Å². The van der Waals surface area contributed by atoms with Gasteiger partial charge >= 0.3 is 0 Å². The minimum atomic E-state index is 0.0875. The molecule has 0 aromatic heterocycles. The van der Waals surface area contributed by atoms with Crippen LogP contribution >= 0.6 is 0 Å². The molecule has 126 valence electrons. The zero-order valence-corrected chi connectivity index (χ0v) is 14.1. The number of ether oxygens (including phenoxy) is 1. The number of hydrogen-bond donors (Lipinski definition) is 1. The van der Waals surface area contributed by atoms with E-state index in [2.05, 4.69) is 35.2 Å². The summed E-state index contributed by atoms with van der Waals surface area (Å²) in [5.74, 6) is 0.0875. The Hall–Kier alpha value is -2.17. The fourth-order valence-corrected chi connectivity index (χ4v) is 3.08. The van der Waals surface area contributed by atoms with Gasteiger partial charge in [0, 0.05) is 29.9 Å². The van der Waals surface area contributed by atoms with Gasteiger partial charge in [-0.15, -0.1) is 0 Å². The van der Waals surface area contributed by atoms with Crippen LogP contribution < -0.4 is 10.6 Å². The van der Waals surface area contributed by atoms with Gasteiger partial charge in [0.1, 0.15) is 0 Å². The van der Waals surface area contributed by atoms with Gasteiger partial charge in [-0.25, -0.2) is 0 Å². The molecule has 4 heteroatoms. The number of ketones is 1. The van der Waals surface area contributed by atoms with Gasteiger partial charge in [0.15, 0.2) is 5.78 Å². The predicted octanol–water partition coefficient (Wildman–Crippen LogP) is 2.89. The van der Waals surface area contributed by atoms with E-state index in [4.69, 9.17) is 10.5 Å². The largest absolute Gasteiger partial charge is 0.378 e. The number of rotatable bonds is 5. The molecular weight excluding hydrogens is 300 g/mol. The van der Waals surface area contributed by atoms with Crippen molar-refractivity contribution >= 4 is 11.5 Å². The third-order valence-electron chi connectivity index (χ3n) is 4.45. The third kappa shape index (κ3) is 3.66. The molecule has 24 heavy (non-hydrogen) atoms. The second-order valence-corrected chi connectivity index (χ2v) is 6.12. The molecule has 0 radical (unpaired) electrons. The van der Waals surface area contributed by atoms with Crippen molar-refractivity contribution in [2.45, 2.75) is 13.3 Å². The number of carbonyl (C=O) groups excluding carboxylic acids is 1. The highest BCUT2D eigenvalue weighted by molar-refractivity contribution is 5.97. The number of hydrogen-bond acceptors (Lipinski definition) is 4. The monoisotopic (exact) mass is 324 g/mol. The van der Waals surface area contributed by atoms with E-state index < -0.39 is 0 Å². The van der Waals surface area contributed by atoms with Gasteiger partial charge in [-0.3, -0.25) is 4.79 Å². The fourth-order valence-electron chi connectivity index (χ4n) is 3.08. The number of morpholine rings is 1. The summed E-state index contributed by atoms with van der Waals surface area (Å²) in [7, 11) is 0. The van der Waals surface area contributed by atoms with Gasteiger partial charge in [-0.2, -0.15) is 0 Å². The zero-order chi connectivity index (χ0) is 16.9. The lowest BCUT2D eigenvalue weighted by Gasteiger charge is -2.31. The number of nitrogens with zero attached hydrogens (tertiary/aromatic N) is 1. The minimum Gasteiger partial charge on any atom is -0.378 e. The van der Waals surface area contributed by atoms with Crippen molar-refractivity contribution in [2.75, 3.05) is 37.7 Å². The maximum Gasteiger partial charge on any atom is 0.159 e. The number of anilines is 1.